The van der Waals surface area contributed by atoms with E-state index in [1.165, 1.54) is 6.08 Å². The minimum atomic E-state index is -0.693. The molecule has 1 aromatic carbocycles. The Kier molecular flexibility index (Phi) is 7.14. The molecule has 0 aliphatic carbocycles. The number of carbonyl (C=O) groups is 2. The van der Waals surface area contributed by atoms with Gasteiger partial charge >= 0.3 is 5.97 Å². The highest BCUT2D eigenvalue weighted by Gasteiger charge is 2.12. The molecule has 7 heteroatoms. The number of hydrogen-bond acceptors (Lipinski definition) is 6. The van der Waals surface area contributed by atoms with Crippen LogP contribution in [0.2, 0.25) is 0 Å². The molecule has 0 aromatic heterocycles. The minimum Gasteiger partial charge on any atom is -0.490 e. The maximum absolute atomic E-state index is 11.6. The third kappa shape index (κ3) is 5.71. The van der Waals surface area contributed by atoms with Crippen molar-refractivity contribution in [2.24, 2.45) is 5.73 Å². The van der Waals surface area contributed by atoms with E-state index in [1.807, 2.05) is 0 Å². The second kappa shape index (κ2) is 9.10. The fourth-order valence-corrected chi connectivity index (χ4v) is 1.66. The van der Waals surface area contributed by atoms with Crippen LogP contribution < -0.4 is 15.2 Å². The molecule has 122 valence electrons. The average molecular weight is 318 g/mol. The molecule has 0 spiro atoms. The first-order chi connectivity index (χ1) is 11.0. The minimum absolute atomic E-state index is 0.125. The molecule has 0 saturated heterocycles. The van der Waals surface area contributed by atoms with Crippen LogP contribution in [0.1, 0.15) is 19.4 Å². The van der Waals surface area contributed by atoms with Crippen LogP contribution in [0.4, 0.5) is 0 Å². The standard InChI is InChI=1S/C16H18N2O5/c1-3-21-14-8-11(5-6-13(14)23-10-15(18)19)7-12(9-17)16(20)22-4-2/h5-8H,3-4,10H2,1-2H3,(H2,18,19)/b12-7-. The van der Waals surface area contributed by atoms with Crippen LogP contribution in [-0.4, -0.2) is 31.7 Å². The van der Waals surface area contributed by atoms with Crippen molar-refractivity contribution in [2.75, 3.05) is 19.8 Å². The Morgan fingerprint density at radius 3 is 2.52 bits per heavy atom. The number of nitriles is 1. The first-order valence-electron chi connectivity index (χ1n) is 6.98. The van der Waals surface area contributed by atoms with Crippen molar-refractivity contribution in [3.8, 4) is 17.6 Å². The van der Waals surface area contributed by atoms with E-state index in [4.69, 9.17) is 25.2 Å². The third-order valence-electron chi connectivity index (χ3n) is 2.56. The summed E-state index contributed by atoms with van der Waals surface area (Å²) < 4.78 is 15.5. The van der Waals surface area contributed by atoms with Crippen LogP contribution in [0.3, 0.4) is 0 Å². The fraction of sp³-hybridized carbons (Fsp3) is 0.312. The van der Waals surface area contributed by atoms with Gasteiger partial charge in [-0.1, -0.05) is 6.07 Å². The normalized spacial score (nSPS) is 10.6. The molecule has 0 radical (unpaired) electrons. The molecule has 2 N–H and O–H groups in total. The van der Waals surface area contributed by atoms with Crippen LogP contribution in [0.15, 0.2) is 23.8 Å². The van der Waals surface area contributed by atoms with E-state index < -0.39 is 11.9 Å². The van der Waals surface area contributed by atoms with E-state index in [1.54, 1.807) is 38.1 Å². The Bertz CT molecular complexity index is 646. The van der Waals surface area contributed by atoms with E-state index in [-0.39, 0.29) is 18.8 Å². The first-order valence-corrected chi connectivity index (χ1v) is 6.98. The van der Waals surface area contributed by atoms with E-state index >= 15 is 0 Å². The number of benzene rings is 1. The van der Waals surface area contributed by atoms with Gasteiger partial charge in [-0.05, 0) is 37.6 Å². The predicted molar refractivity (Wildman–Crippen MR) is 82.5 cm³/mol. The zero-order chi connectivity index (χ0) is 17.2. The van der Waals surface area contributed by atoms with Crippen molar-refractivity contribution in [1.82, 2.24) is 0 Å². The van der Waals surface area contributed by atoms with Gasteiger partial charge in [0.05, 0.1) is 13.2 Å². The molecule has 0 fully saturated rings. The van der Waals surface area contributed by atoms with Gasteiger partial charge in [0.1, 0.15) is 11.6 Å². The smallest absolute Gasteiger partial charge is 0.348 e. The van der Waals surface area contributed by atoms with Crippen LogP contribution in [0, 0.1) is 11.3 Å². The van der Waals surface area contributed by atoms with E-state index in [2.05, 4.69) is 0 Å². The van der Waals surface area contributed by atoms with Crippen LogP contribution in [0.5, 0.6) is 11.5 Å². The average Bonchev–Trinajstić information content (AvgIpc) is 2.52. The summed E-state index contributed by atoms with van der Waals surface area (Å²) in [7, 11) is 0. The molecule has 1 amide bonds. The van der Waals surface area contributed by atoms with E-state index in [9.17, 15) is 9.59 Å². The lowest BCUT2D eigenvalue weighted by Gasteiger charge is -2.11. The molecule has 1 rings (SSSR count). The van der Waals surface area contributed by atoms with Crippen molar-refractivity contribution in [3.63, 3.8) is 0 Å². The molecule has 0 aliphatic rings. The van der Waals surface area contributed by atoms with Crippen molar-refractivity contribution >= 4 is 18.0 Å². The molecule has 0 atom stereocenters. The zero-order valence-electron chi connectivity index (χ0n) is 13.0. The lowest BCUT2D eigenvalue weighted by molar-refractivity contribution is -0.137. The molecule has 0 unspecified atom stereocenters. The van der Waals surface area contributed by atoms with Gasteiger partial charge in [-0.2, -0.15) is 5.26 Å². The number of amides is 1. The van der Waals surface area contributed by atoms with Gasteiger partial charge in [0.2, 0.25) is 0 Å². The van der Waals surface area contributed by atoms with Crippen LogP contribution in [0.25, 0.3) is 6.08 Å². The van der Waals surface area contributed by atoms with Gasteiger partial charge in [0, 0.05) is 0 Å². The Balaban J connectivity index is 3.09. The summed E-state index contributed by atoms with van der Waals surface area (Å²) in [6.07, 6.45) is 1.39. The molecule has 0 saturated carbocycles. The predicted octanol–water partition coefficient (Wildman–Crippen LogP) is 1.42. The number of nitrogens with two attached hydrogens (primary N) is 1. The van der Waals surface area contributed by atoms with Gasteiger partial charge in [0.25, 0.3) is 5.91 Å². The number of hydrogen-bond donors (Lipinski definition) is 1. The Hall–Kier alpha value is -3.01. The molecular weight excluding hydrogens is 300 g/mol. The second-order valence-corrected chi connectivity index (χ2v) is 4.28. The maximum atomic E-state index is 11.6. The summed E-state index contributed by atoms with van der Waals surface area (Å²) in [6, 6.07) is 6.58. The first kappa shape index (κ1) is 18.0. The fourth-order valence-electron chi connectivity index (χ4n) is 1.66. The molecule has 0 aliphatic heterocycles. The van der Waals surface area contributed by atoms with Gasteiger partial charge < -0.3 is 19.9 Å². The summed E-state index contributed by atoms with van der Waals surface area (Å²) in [5, 5.41) is 9.03. The zero-order valence-corrected chi connectivity index (χ0v) is 13.0. The van der Waals surface area contributed by atoms with Gasteiger partial charge in [-0.3, -0.25) is 4.79 Å². The molecule has 23 heavy (non-hydrogen) atoms. The molecular formula is C16H18N2O5. The van der Waals surface area contributed by atoms with Crippen LogP contribution in [-0.2, 0) is 14.3 Å². The van der Waals surface area contributed by atoms with Crippen molar-refractivity contribution in [1.29, 1.82) is 5.26 Å². The lowest BCUT2D eigenvalue weighted by atomic mass is 10.1. The molecule has 0 heterocycles. The SMILES string of the molecule is CCOC(=O)/C(C#N)=C\c1ccc(OCC(N)=O)c(OCC)c1. The Morgan fingerprint density at radius 1 is 1.22 bits per heavy atom. The van der Waals surface area contributed by atoms with Crippen molar-refractivity contribution in [3.05, 3.63) is 29.3 Å². The molecule has 0 bridgehead atoms. The third-order valence-corrected chi connectivity index (χ3v) is 2.56. The van der Waals surface area contributed by atoms with Crippen LogP contribution >= 0.6 is 0 Å². The number of primary amides is 1. The highest BCUT2D eigenvalue weighted by Crippen LogP contribution is 2.29. The summed E-state index contributed by atoms with van der Waals surface area (Å²) >= 11 is 0. The highest BCUT2D eigenvalue weighted by molar-refractivity contribution is 5.97. The Labute approximate surface area is 134 Å². The monoisotopic (exact) mass is 318 g/mol. The summed E-state index contributed by atoms with van der Waals surface area (Å²) in [5.74, 6) is -0.575. The maximum Gasteiger partial charge on any atom is 0.348 e. The Morgan fingerprint density at radius 2 is 1.96 bits per heavy atom. The molecule has 1 aromatic rings. The number of rotatable bonds is 8. The van der Waals surface area contributed by atoms with E-state index in [0.29, 0.717) is 23.7 Å². The lowest BCUT2D eigenvalue weighted by Crippen LogP contribution is -2.20. The highest BCUT2D eigenvalue weighted by atomic mass is 16.5. The summed E-state index contributed by atoms with van der Waals surface area (Å²) in [6.45, 7) is 3.73. The number of nitrogens with zero attached hydrogens (tertiary/aromatic N) is 1. The van der Waals surface area contributed by atoms with Crippen molar-refractivity contribution in [2.45, 2.75) is 13.8 Å². The topological polar surface area (TPSA) is 112 Å². The van der Waals surface area contributed by atoms with E-state index in [0.717, 1.165) is 0 Å². The molecule has 7 nitrogen and oxygen atoms in total. The number of ether oxygens (including phenoxy) is 3. The van der Waals surface area contributed by atoms with Gasteiger partial charge in [-0.25, -0.2) is 4.79 Å². The quantitative estimate of drug-likeness (QED) is 0.441. The second-order valence-electron chi connectivity index (χ2n) is 4.28. The summed E-state index contributed by atoms with van der Waals surface area (Å²) in [5.41, 5.74) is 5.47. The summed E-state index contributed by atoms with van der Waals surface area (Å²) in [4.78, 5) is 22.4. The van der Waals surface area contributed by atoms with Gasteiger partial charge in [-0.15, -0.1) is 0 Å². The van der Waals surface area contributed by atoms with Crippen molar-refractivity contribution < 1.29 is 23.8 Å². The number of carbonyl (C=O) groups excluding carboxylic acids is 2. The largest absolute Gasteiger partial charge is 0.490 e. The van der Waals surface area contributed by atoms with Gasteiger partial charge in [0.15, 0.2) is 18.1 Å². The number of esters is 1.